The fraction of sp³-hybridized carbons (Fsp3) is 0.417. The Hall–Kier alpha value is -2.22. The van der Waals surface area contributed by atoms with E-state index >= 15 is 0 Å². The summed E-state index contributed by atoms with van der Waals surface area (Å²) in [6.45, 7) is 13.1. The highest BCUT2D eigenvalue weighted by molar-refractivity contribution is 5.66. The molecule has 2 unspecified atom stereocenters. The number of hydrogen-bond acceptors (Lipinski definition) is 2. The van der Waals surface area contributed by atoms with Gasteiger partial charge in [0.05, 0.1) is 0 Å². The second-order valence-corrected chi connectivity index (χ2v) is 9.00. The molecule has 0 N–H and O–H groups in total. The average Bonchev–Trinajstić information content (AvgIpc) is 2.57. The number of nitrogens with zero attached hydrogens (tertiary/aromatic N) is 2. The maximum atomic E-state index is 5.00. The predicted molar refractivity (Wildman–Crippen MR) is 114 cm³/mol. The van der Waals surface area contributed by atoms with Gasteiger partial charge in [-0.2, -0.15) is 0 Å². The lowest BCUT2D eigenvalue weighted by Crippen LogP contribution is -2.14. The van der Waals surface area contributed by atoms with Gasteiger partial charge in [0.25, 0.3) is 0 Å². The number of benzene rings is 2. The van der Waals surface area contributed by atoms with Gasteiger partial charge in [-0.05, 0) is 22.0 Å². The molecule has 0 aromatic heterocycles. The van der Waals surface area contributed by atoms with E-state index in [0.29, 0.717) is 0 Å². The van der Waals surface area contributed by atoms with Crippen LogP contribution in [0.4, 0.5) is 0 Å². The van der Waals surface area contributed by atoms with Crippen molar-refractivity contribution in [2.45, 2.75) is 53.6 Å². The van der Waals surface area contributed by atoms with Crippen LogP contribution in [-0.4, -0.2) is 12.4 Å². The van der Waals surface area contributed by atoms with E-state index < -0.39 is 0 Å². The SMILES string of the molecule is CC(C)(C)C=NC(c1ccccc1)C(N=CC(C)(C)C)c1ccccc1. The molecule has 0 fully saturated rings. The summed E-state index contributed by atoms with van der Waals surface area (Å²) in [5.74, 6) is 0. The zero-order valence-electron chi connectivity index (χ0n) is 17.0. The van der Waals surface area contributed by atoms with Crippen molar-refractivity contribution in [3.63, 3.8) is 0 Å². The first-order valence-corrected chi connectivity index (χ1v) is 9.34. The van der Waals surface area contributed by atoms with Gasteiger partial charge in [-0.3, -0.25) is 9.98 Å². The molecule has 0 radical (unpaired) electrons. The standard InChI is InChI=1S/C24H32N2/c1-23(2,3)17-25-21(19-13-9-7-10-14-19)22(26-18-24(4,5)6)20-15-11-8-12-16-20/h7-18,21-22H,1-6H3. The van der Waals surface area contributed by atoms with E-state index in [-0.39, 0.29) is 22.9 Å². The van der Waals surface area contributed by atoms with Gasteiger partial charge >= 0.3 is 0 Å². The monoisotopic (exact) mass is 348 g/mol. The molecular formula is C24H32N2. The van der Waals surface area contributed by atoms with Gasteiger partial charge in [-0.25, -0.2) is 0 Å². The fourth-order valence-corrected chi connectivity index (χ4v) is 2.61. The minimum Gasteiger partial charge on any atom is -0.286 e. The second-order valence-electron chi connectivity index (χ2n) is 9.00. The van der Waals surface area contributed by atoms with Crippen molar-refractivity contribution in [1.29, 1.82) is 0 Å². The van der Waals surface area contributed by atoms with E-state index in [1.54, 1.807) is 0 Å². The van der Waals surface area contributed by atoms with Crippen LogP contribution in [0.5, 0.6) is 0 Å². The first-order chi connectivity index (χ1) is 12.2. The van der Waals surface area contributed by atoms with Crippen molar-refractivity contribution in [2.24, 2.45) is 20.8 Å². The summed E-state index contributed by atoms with van der Waals surface area (Å²) in [7, 11) is 0. The molecule has 2 aromatic carbocycles. The van der Waals surface area contributed by atoms with Crippen LogP contribution < -0.4 is 0 Å². The Kier molecular flexibility index (Phi) is 6.52. The van der Waals surface area contributed by atoms with E-state index in [1.807, 2.05) is 12.1 Å². The minimum absolute atomic E-state index is 0.0298. The molecule has 0 spiro atoms. The van der Waals surface area contributed by atoms with E-state index in [4.69, 9.17) is 9.98 Å². The molecule has 0 aliphatic rings. The summed E-state index contributed by atoms with van der Waals surface area (Å²) < 4.78 is 0. The zero-order valence-corrected chi connectivity index (χ0v) is 17.0. The third kappa shape index (κ3) is 6.59. The van der Waals surface area contributed by atoms with Crippen molar-refractivity contribution in [2.75, 3.05) is 0 Å². The van der Waals surface area contributed by atoms with E-state index in [1.165, 1.54) is 11.1 Å². The summed E-state index contributed by atoms with van der Waals surface area (Å²) in [6, 6.07) is 20.9. The molecule has 2 nitrogen and oxygen atoms in total. The van der Waals surface area contributed by atoms with Crippen LogP contribution in [0.3, 0.4) is 0 Å². The molecule has 0 aliphatic carbocycles. The van der Waals surface area contributed by atoms with Gasteiger partial charge in [0.2, 0.25) is 0 Å². The van der Waals surface area contributed by atoms with Crippen LogP contribution in [0, 0.1) is 10.8 Å². The molecule has 0 saturated carbocycles. The summed E-state index contributed by atoms with van der Waals surface area (Å²) in [5.41, 5.74) is 2.44. The van der Waals surface area contributed by atoms with Crippen LogP contribution in [0.15, 0.2) is 70.6 Å². The molecule has 2 heteroatoms. The van der Waals surface area contributed by atoms with Crippen LogP contribution in [0.2, 0.25) is 0 Å². The molecule has 2 rings (SSSR count). The fourth-order valence-electron chi connectivity index (χ4n) is 2.61. The predicted octanol–water partition coefficient (Wildman–Crippen LogP) is 6.70. The third-order valence-corrected chi connectivity index (χ3v) is 3.83. The van der Waals surface area contributed by atoms with Crippen LogP contribution in [0.25, 0.3) is 0 Å². The highest BCUT2D eigenvalue weighted by atomic mass is 14.9. The zero-order chi connectivity index (χ0) is 19.2. The average molecular weight is 349 g/mol. The van der Waals surface area contributed by atoms with Crippen molar-refractivity contribution in [3.8, 4) is 0 Å². The maximum absolute atomic E-state index is 5.00. The third-order valence-electron chi connectivity index (χ3n) is 3.83. The molecule has 0 aliphatic heterocycles. The summed E-state index contributed by atoms with van der Waals surface area (Å²) in [5, 5.41) is 0. The normalized spacial score (nSPS) is 15.5. The number of aliphatic imine (C=N–C) groups is 2. The molecule has 2 atom stereocenters. The molecular weight excluding hydrogens is 316 g/mol. The summed E-state index contributed by atoms with van der Waals surface area (Å²) in [6.07, 6.45) is 4.13. The Labute approximate surface area is 159 Å². The van der Waals surface area contributed by atoms with Crippen molar-refractivity contribution in [3.05, 3.63) is 71.8 Å². The lowest BCUT2D eigenvalue weighted by atomic mass is 9.92. The van der Waals surface area contributed by atoms with Crippen molar-refractivity contribution in [1.82, 2.24) is 0 Å². The smallest absolute Gasteiger partial charge is 0.101 e. The molecule has 0 bridgehead atoms. The number of rotatable bonds is 5. The molecule has 26 heavy (non-hydrogen) atoms. The number of hydrogen-bond donors (Lipinski definition) is 0. The first kappa shape index (κ1) is 20.1. The highest BCUT2D eigenvalue weighted by Gasteiger charge is 2.24. The topological polar surface area (TPSA) is 24.7 Å². The Morgan fingerprint density at radius 3 is 1.15 bits per heavy atom. The summed E-state index contributed by atoms with van der Waals surface area (Å²) >= 11 is 0. The Bertz CT molecular complexity index is 651. The lowest BCUT2D eigenvalue weighted by Gasteiger charge is -2.24. The Balaban J connectivity index is 2.53. The first-order valence-electron chi connectivity index (χ1n) is 9.34. The van der Waals surface area contributed by atoms with Crippen LogP contribution in [-0.2, 0) is 0 Å². The quantitative estimate of drug-likeness (QED) is 0.537. The molecule has 138 valence electrons. The van der Waals surface area contributed by atoms with E-state index in [0.717, 1.165) is 0 Å². The van der Waals surface area contributed by atoms with Crippen molar-refractivity contribution < 1.29 is 0 Å². The Morgan fingerprint density at radius 2 is 0.885 bits per heavy atom. The highest BCUT2D eigenvalue weighted by Crippen LogP contribution is 2.36. The van der Waals surface area contributed by atoms with Gasteiger partial charge in [-0.15, -0.1) is 0 Å². The minimum atomic E-state index is -0.0450. The Morgan fingerprint density at radius 1 is 0.577 bits per heavy atom. The lowest BCUT2D eigenvalue weighted by molar-refractivity contribution is 0.544. The molecule has 0 saturated heterocycles. The molecule has 0 amide bonds. The van der Waals surface area contributed by atoms with E-state index in [9.17, 15) is 0 Å². The summed E-state index contributed by atoms with van der Waals surface area (Å²) in [4.78, 5) is 10.0. The maximum Gasteiger partial charge on any atom is 0.101 e. The van der Waals surface area contributed by atoms with Crippen molar-refractivity contribution >= 4 is 12.4 Å². The van der Waals surface area contributed by atoms with Gasteiger partial charge < -0.3 is 0 Å². The largest absolute Gasteiger partial charge is 0.286 e. The van der Waals surface area contributed by atoms with Crippen LogP contribution >= 0.6 is 0 Å². The van der Waals surface area contributed by atoms with E-state index in [2.05, 4.69) is 103 Å². The van der Waals surface area contributed by atoms with Gasteiger partial charge in [-0.1, -0.05) is 102 Å². The molecule has 0 heterocycles. The van der Waals surface area contributed by atoms with Crippen LogP contribution in [0.1, 0.15) is 64.8 Å². The van der Waals surface area contributed by atoms with Gasteiger partial charge in [0.1, 0.15) is 12.1 Å². The van der Waals surface area contributed by atoms with Gasteiger partial charge in [0, 0.05) is 12.4 Å². The molecule has 2 aromatic rings. The van der Waals surface area contributed by atoms with Gasteiger partial charge in [0.15, 0.2) is 0 Å². The second kappa shape index (κ2) is 8.44.